The van der Waals surface area contributed by atoms with E-state index in [2.05, 4.69) is 43.4 Å². The minimum atomic E-state index is 0.0707. The molecule has 0 aromatic carbocycles. The van der Waals surface area contributed by atoms with E-state index in [1.54, 1.807) is 0 Å². The van der Waals surface area contributed by atoms with E-state index < -0.39 is 0 Å². The van der Waals surface area contributed by atoms with E-state index in [1.807, 2.05) is 0 Å². The maximum absolute atomic E-state index is 5.96. The number of rotatable bonds is 4. The Balaban J connectivity index is 2.23. The molecule has 0 saturated heterocycles. The van der Waals surface area contributed by atoms with Crippen molar-refractivity contribution in [1.29, 1.82) is 0 Å². The molecule has 0 heterocycles. The van der Waals surface area contributed by atoms with Crippen molar-refractivity contribution in [1.82, 2.24) is 0 Å². The minimum absolute atomic E-state index is 0.0707. The van der Waals surface area contributed by atoms with E-state index in [4.69, 9.17) is 4.74 Å². The van der Waals surface area contributed by atoms with Gasteiger partial charge in [0.05, 0.1) is 12.2 Å². The SMILES string of the molecule is CC1CCCC(COC(C)(C)CI)C1. The fourth-order valence-corrected chi connectivity index (χ4v) is 2.31. The second-order valence-electron chi connectivity index (χ2n) is 5.34. The Kier molecular flexibility index (Phi) is 5.18. The predicted octanol–water partition coefficient (Wildman–Crippen LogP) is 4.04. The van der Waals surface area contributed by atoms with Gasteiger partial charge in [-0.05, 0) is 38.5 Å². The van der Waals surface area contributed by atoms with Crippen LogP contribution in [0.3, 0.4) is 0 Å². The lowest BCUT2D eigenvalue weighted by atomic mass is 9.83. The summed E-state index contributed by atoms with van der Waals surface area (Å²) in [7, 11) is 0. The Hall–Kier alpha value is 0.690. The monoisotopic (exact) mass is 310 g/mol. The Morgan fingerprint density at radius 2 is 2.07 bits per heavy atom. The molecular formula is C12H23IO. The highest BCUT2D eigenvalue weighted by Crippen LogP contribution is 2.29. The van der Waals surface area contributed by atoms with Crippen LogP contribution in [-0.4, -0.2) is 16.6 Å². The zero-order chi connectivity index (χ0) is 10.6. The van der Waals surface area contributed by atoms with E-state index in [-0.39, 0.29) is 5.60 Å². The first-order chi connectivity index (χ1) is 6.53. The number of ether oxygens (including phenoxy) is 1. The molecular weight excluding hydrogens is 287 g/mol. The van der Waals surface area contributed by atoms with Crippen LogP contribution in [0.25, 0.3) is 0 Å². The van der Waals surface area contributed by atoms with Crippen molar-refractivity contribution in [2.75, 3.05) is 11.0 Å². The summed E-state index contributed by atoms with van der Waals surface area (Å²) in [5.74, 6) is 1.74. The molecule has 1 saturated carbocycles. The van der Waals surface area contributed by atoms with E-state index >= 15 is 0 Å². The van der Waals surface area contributed by atoms with Crippen LogP contribution in [0.2, 0.25) is 0 Å². The molecule has 1 aliphatic carbocycles. The van der Waals surface area contributed by atoms with Gasteiger partial charge >= 0.3 is 0 Å². The van der Waals surface area contributed by atoms with Crippen molar-refractivity contribution in [3.63, 3.8) is 0 Å². The molecule has 14 heavy (non-hydrogen) atoms. The summed E-state index contributed by atoms with van der Waals surface area (Å²) >= 11 is 2.40. The Labute approximate surface area is 102 Å². The van der Waals surface area contributed by atoms with Gasteiger partial charge in [0.2, 0.25) is 0 Å². The lowest BCUT2D eigenvalue weighted by molar-refractivity contribution is -0.0259. The molecule has 1 fully saturated rings. The van der Waals surface area contributed by atoms with Gasteiger partial charge in [0.15, 0.2) is 0 Å². The third-order valence-electron chi connectivity index (χ3n) is 3.08. The van der Waals surface area contributed by atoms with E-state index in [0.29, 0.717) is 0 Å². The second-order valence-corrected chi connectivity index (χ2v) is 6.10. The zero-order valence-electron chi connectivity index (χ0n) is 9.68. The van der Waals surface area contributed by atoms with Gasteiger partial charge in [-0.25, -0.2) is 0 Å². The van der Waals surface area contributed by atoms with Gasteiger partial charge in [0.25, 0.3) is 0 Å². The Bertz CT molecular complexity index is 168. The summed E-state index contributed by atoms with van der Waals surface area (Å²) in [5.41, 5.74) is 0.0707. The standard InChI is InChI=1S/C12H23IO/c1-10-5-4-6-11(7-10)8-14-12(2,3)9-13/h10-11H,4-9H2,1-3H3. The van der Waals surface area contributed by atoms with Crippen LogP contribution in [0.4, 0.5) is 0 Å². The van der Waals surface area contributed by atoms with Crippen LogP contribution in [-0.2, 0) is 4.74 Å². The number of alkyl halides is 1. The highest BCUT2D eigenvalue weighted by atomic mass is 127. The summed E-state index contributed by atoms with van der Waals surface area (Å²) in [6.45, 7) is 7.72. The Morgan fingerprint density at radius 1 is 1.36 bits per heavy atom. The molecule has 0 spiro atoms. The summed E-state index contributed by atoms with van der Waals surface area (Å²) < 4.78 is 7.04. The normalized spacial score (nSPS) is 29.1. The molecule has 2 unspecified atom stereocenters. The van der Waals surface area contributed by atoms with Crippen LogP contribution in [0.1, 0.15) is 46.5 Å². The van der Waals surface area contributed by atoms with Gasteiger partial charge in [-0.1, -0.05) is 42.4 Å². The van der Waals surface area contributed by atoms with Crippen molar-refractivity contribution in [3.8, 4) is 0 Å². The molecule has 0 bridgehead atoms. The largest absolute Gasteiger partial charge is 0.374 e. The van der Waals surface area contributed by atoms with Gasteiger partial charge < -0.3 is 4.74 Å². The molecule has 1 nitrogen and oxygen atoms in total. The maximum atomic E-state index is 5.96. The summed E-state index contributed by atoms with van der Waals surface area (Å²) in [4.78, 5) is 0. The van der Waals surface area contributed by atoms with Gasteiger partial charge in [0, 0.05) is 4.43 Å². The first-order valence-corrected chi connectivity index (χ1v) is 7.26. The smallest absolute Gasteiger partial charge is 0.0715 e. The zero-order valence-corrected chi connectivity index (χ0v) is 11.8. The third-order valence-corrected chi connectivity index (χ3v) is 4.91. The number of halogens is 1. The van der Waals surface area contributed by atoms with Crippen LogP contribution in [0, 0.1) is 11.8 Å². The molecule has 0 aromatic heterocycles. The van der Waals surface area contributed by atoms with E-state index in [9.17, 15) is 0 Å². The van der Waals surface area contributed by atoms with Crippen LogP contribution < -0.4 is 0 Å². The highest BCUT2D eigenvalue weighted by Gasteiger charge is 2.22. The molecule has 0 aromatic rings. The van der Waals surface area contributed by atoms with Crippen LogP contribution in [0.5, 0.6) is 0 Å². The van der Waals surface area contributed by atoms with Crippen molar-refractivity contribution < 1.29 is 4.74 Å². The molecule has 2 atom stereocenters. The molecule has 0 amide bonds. The quantitative estimate of drug-likeness (QED) is 0.562. The maximum Gasteiger partial charge on any atom is 0.0715 e. The fraction of sp³-hybridized carbons (Fsp3) is 1.00. The molecule has 0 aliphatic heterocycles. The van der Waals surface area contributed by atoms with Gasteiger partial charge in [0.1, 0.15) is 0 Å². The summed E-state index contributed by atoms with van der Waals surface area (Å²) in [5, 5.41) is 0. The van der Waals surface area contributed by atoms with Gasteiger partial charge in [-0.15, -0.1) is 0 Å². The molecule has 0 radical (unpaired) electrons. The fourth-order valence-electron chi connectivity index (χ4n) is 2.09. The first-order valence-electron chi connectivity index (χ1n) is 5.73. The Morgan fingerprint density at radius 3 is 2.64 bits per heavy atom. The molecule has 1 rings (SSSR count). The summed E-state index contributed by atoms with van der Waals surface area (Å²) in [6, 6.07) is 0. The molecule has 84 valence electrons. The van der Waals surface area contributed by atoms with Crippen molar-refractivity contribution >= 4 is 22.6 Å². The van der Waals surface area contributed by atoms with Crippen molar-refractivity contribution in [3.05, 3.63) is 0 Å². The number of hydrogen-bond donors (Lipinski definition) is 0. The van der Waals surface area contributed by atoms with Gasteiger partial charge in [-0.2, -0.15) is 0 Å². The average molecular weight is 310 g/mol. The van der Waals surface area contributed by atoms with E-state index in [1.165, 1.54) is 25.7 Å². The molecule has 0 N–H and O–H groups in total. The lowest BCUT2D eigenvalue weighted by Gasteiger charge is -2.30. The van der Waals surface area contributed by atoms with E-state index in [0.717, 1.165) is 22.9 Å². The molecule has 1 aliphatic rings. The molecule has 2 heteroatoms. The summed E-state index contributed by atoms with van der Waals surface area (Å²) in [6.07, 6.45) is 5.57. The van der Waals surface area contributed by atoms with Crippen molar-refractivity contribution in [2.24, 2.45) is 11.8 Å². The topological polar surface area (TPSA) is 9.23 Å². The highest BCUT2D eigenvalue weighted by molar-refractivity contribution is 14.1. The van der Waals surface area contributed by atoms with Crippen molar-refractivity contribution in [2.45, 2.75) is 52.1 Å². The second kappa shape index (κ2) is 5.69. The third kappa shape index (κ3) is 4.47. The number of hydrogen-bond acceptors (Lipinski definition) is 1. The minimum Gasteiger partial charge on any atom is -0.374 e. The predicted molar refractivity (Wildman–Crippen MR) is 70.0 cm³/mol. The lowest BCUT2D eigenvalue weighted by Crippen LogP contribution is -2.30. The van der Waals surface area contributed by atoms with Gasteiger partial charge in [-0.3, -0.25) is 0 Å². The van der Waals surface area contributed by atoms with Crippen LogP contribution >= 0.6 is 22.6 Å². The van der Waals surface area contributed by atoms with Crippen LogP contribution in [0.15, 0.2) is 0 Å². The average Bonchev–Trinajstić information content (AvgIpc) is 2.15. The first kappa shape index (κ1) is 12.8.